The number of fused-ring (bicyclic) bond motifs is 1. The second kappa shape index (κ2) is 4.85. The molecule has 0 amide bonds. The normalized spacial score (nSPS) is 10.8. The van der Waals surface area contributed by atoms with E-state index in [0.29, 0.717) is 16.9 Å². The Balaban J connectivity index is 2.17. The van der Waals surface area contributed by atoms with Crippen LogP contribution in [0.2, 0.25) is 0 Å². The fraction of sp³-hybridized carbons (Fsp3) is 0.143. The molecule has 19 heavy (non-hydrogen) atoms. The van der Waals surface area contributed by atoms with Crippen LogP contribution in [0.4, 0.5) is 0 Å². The molecule has 4 nitrogen and oxygen atoms in total. The summed E-state index contributed by atoms with van der Waals surface area (Å²) in [6.07, 6.45) is 4.16. The van der Waals surface area contributed by atoms with Crippen molar-refractivity contribution in [1.29, 1.82) is 0 Å². The minimum Gasteiger partial charge on any atom is -0.288 e. The van der Waals surface area contributed by atoms with Gasteiger partial charge in [0.25, 0.3) is 0 Å². The molecular weight excluding hydrogens is 258 g/mol. The number of rotatable bonds is 3. The highest BCUT2D eigenvalue weighted by Gasteiger charge is 2.18. The fourth-order valence-electron chi connectivity index (χ4n) is 2.05. The third kappa shape index (κ3) is 2.02. The van der Waals surface area contributed by atoms with Crippen molar-refractivity contribution in [3.05, 3.63) is 52.8 Å². The van der Waals surface area contributed by atoms with Crippen LogP contribution in [-0.4, -0.2) is 20.4 Å². The average molecular weight is 269 g/mol. The van der Waals surface area contributed by atoms with Crippen molar-refractivity contribution in [1.82, 2.24) is 14.6 Å². The summed E-state index contributed by atoms with van der Waals surface area (Å²) in [6, 6.07) is 7.58. The number of carbonyl (C=O) groups excluding carboxylic acids is 1. The van der Waals surface area contributed by atoms with Crippen molar-refractivity contribution in [3.8, 4) is 0 Å². The van der Waals surface area contributed by atoms with E-state index in [9.17, 15) is 4.79 Å². The van der Waals surface area contributed by atoms with E-state index in [4.69, 9.17) is 0 Å². The van der Waals surface area contributed by atoms with E-state index in [2.05, 4.69) is 14.6 Å². The minimum absolute atomic E-state index is 0.0227. The lowest BCUT2D eigenvalue weighted by molar-refractivity contribution is 0.104. The maximum atomic E-state index is 12.6. The van der Waals surface area contributed by atoms with Crippen LogP contribution in [0.15, 0.2) is 36.7 Å². The summed E-state index contributed by atoms with van der Waals surface area (Å²) in [6.45, 7) is 1.97. The molecule has 0 fully saturated rings. The van der Waals surface area contributed by atoms with Crippen molar-refractivity contribution in [2.45, 2.75) is 13.3 Å². The van der Waals surface area contributed by atoms with Crippen LogP contribution in [0.1, 0.15) is 27.9 Å². The lowest BCUT2D eigenvalue weighted by atomic mass is 10.0. The molecule has 0 saturated heterocycles. The Morgan fingerprint density at radius 2 is 2.21 bits per heavy atom. The first-order valence-electron chi connectivity index (χ1n) is 6.00. The molecule has 3 aromatic rings. The van der Waals surface area contributed by atoms with Crippen LogP contribution in [-0.2, 0) is 6.42 Å². The molecule has 2 aromatic heterocycles. The predicted octanol–water partition coefficient (Wildman–Crippen LogP) is 2.88. The molecule has 0 bridgehead atoms. The molecule has 3 rings (SSSR count). The molecule has 0 unspecified atom stereocenters. The van der Waals surface area contributed by atoms with Crippen LogP contribution in [0.5, 0.6) is 0 Å². The monoisotopic (exact) mass is 269 g/mol. The minimum atomic E-state index is -0.0227. The van der Waals surface area contributed by atoms with Crippen molar-refractivity contribution in [3.63, 3.8) is 0 Å². The van der Waals surface area contributed by atoms with Gasteiger partial charge in [-0.15, -0.1) is 5.10 Å². The zero-order valence-electron chi connectivity index (χ0n) is 10.3. The third-order valence-corrected chi connectivity index (χ3v) is 3.79. The second-order valence-electron chi connectivity index (χ2n) is 4.13. The maximum Gasteiger partial charge on any atom is 0.207 e. The van der Waals surface area contributed by atoms with Crippen LogP contribution in [0.25, 0.3) is 10.8 Å². The predicted molar refractivity (Wildman–Crippen MR) is 74.5 cm³/mol. The van der Waals surface area contributed by atoms with Crippen molar-refractivity contribution in [2.24, 2.45) is 0 Å². The number of benzene rings is 1. The van der Waals surface area contributed by atoms with E-state index in [-0.39, 0.29) is 5.78 Å². The number of aryl methyl sites for hydroxylation is 1. The molecule has 94 valence electrons. The molecule has 0 atom stereocenters. The quantitative estimate of drug-likeness (QED) is 0.686. The molecule has 0 aliphatic rings. The van der Waals surface area contributed by atoms with Gasteiger partial charge in [0.1, 0.15) is 4.88 Å². The number of ketones is 1. The number of aromatic nitrogens is 3. The van der Waals surface area contributed by atoms with Gasteiger partial charge in [0.05, 0.1) is 5.69 Å². The summed E-state index contributed by atoms with van der Waals surface area (Å²) in [4.78, 5) is 17.3. The van der Waals surface area contributed by atoms with Gasteiger partial charge < -0.3 is 0 Å². The number of pyridine rings is 1. The second-order valence-corrected chi connectivity index (χ2v) is 4.89. The van der Waals surface area contributed by atoms with Gasteiger partial charge >= 0.3 is 0 Å². The van der Waals surface area contributed by atoms with Crippen LogP contribution >= 0.6 is 11.5 Å². The Morgan fingerprint density at radius 1 is 1.32 bits per heavy atom. The fourth-order valence-corrected chi connectivity index (χ4v) is 2.75. The smallest absolute Gasteiger partial charge is 0.207 e. The summed E-state index contributed by atoms with van der Waals surface area (Å²) in [5.41, 5.74) is 1.42. The highest BCUT2D eigenvalue weighted by Crippen LogP contribution is 2.23. The molecule has 0 radical (unpaired) electrons. The molecule has 0 aliphatic heterocycles. The third-order valence-electron chi connectivity index (χ3n) is 3.03. The van der Waals surface area contributed by atoms with Gasteiger partial charge in [0.15, 0.2) is 0 Å². The largest absolute Gasteiger partial charge is 0.288 e. The summed E-state index contributed by atoms with van der Waals surface area (Å²) in [7, 11) is 0. The van der Waals surface area contributed by atoms with Gasteiger partial charge in [-0.25, -0.2) is 0 Å². The summed E-state index contributed by atoms with van der Waals surface area (Å²) >= 11 is 1.15. The van der Waals surface area contributed by atoms with E-state index in [1.807, 2.05) is 31.2 Å². The van der Waals surface area contributed by atoms with E-state index in [1.165, 1.54) is 0 Å². The van der Waals surface area contributed by atoms with Gasteiger partial charge in [-0.05, 0) is 29.4 Å². The topological polar surface area (TPSA) is 55.7 Å². The van der Waals surface area contributed by atoms with E-state index in [0.717, 1.165) is 28.0 Å². The van der Waals surface area contributed by atoms with Gasteiger partial charge in [0, 0.05) is 23.3 Å². The Morgan fingerprint density at radius 3 is 3.05 bits per heavy atom. The van der Waals surface area contributed by atoms with E-state index >= 15 is 0 Å². The summed E-state index contributed by atoms with van der Waals surface area (Å²) < 4.78 is 3.87. The summed E-state index contributed by atoms with van der Waals surface area (Å²) in [5.74, 6) is -0.0227. The standard InChI is InChI=1S/C14H11N3OS/c1-2-12-14(19-17-16-12)13(18)10-5-3-4-9-6-7-15-8-11(9)10/h3-8H,2H2,1H3. The SMILES string of the molecule is CCc1nnsc1C(=O)c1cccc2ccncc12. The van der Waals surface area contributed by atoms with Crippen LogP contribution < -0.4 is 0 Å². The van der Waals surface area contributed by atoms with E-state index < -0.39 is 0 Å². The lowest BCUT2D eigenvalue weighted by Gasteiger charge is -2.04. The van der Waals surface area contributed by atoms with E-state index in [1.54, 1.807) is 12.4 Å². The Bertz CT molecular complexity index is 746. The molecule has 0 aliphatic carbocycles. The number of nitrogens with zero attached hydrogens (tertiary/aromatic N) is 3. The van der Waals surface area contributed by atoms with Crippen molar-refractivity contribution < 1.29 is 4.79 Å². The maximum absolute atomic E-state index is 12.6. The van der Waals surface area contributed by atoms with Crippen molar-refractivity contribution >= 4 is 28.1 Å². The first-order valence-corrected chi connectivity index (χ1v) is 6.77. The van der Waals surface area contributed by atoms with Gasteiger partial charge in [-0.1, -0.05) is 29.6 Å². The highest BCUT2D eigenvalue weighted by atomic mass is 32.1. The molecule has 0 N–H and O–H groups in total. The van der Waals surface area contributed by atoms with Gasteiger partial charge in [-0.3, -0.25) is 9.78 Å². The lowest BCUT2D eigenvalue weighted by Crippen LogP contribution is -2.03. The Labute approximate surface area is 114 Å². The Hall–Kier alpha value is -2.14. The van der Waals surface area contributed by atoms with Crippen LogP contribution in [0, 0.1) is 0 Å². The van der Waals surface area contributed by atoms with Gasteiger partial charge in [0.2, 0.25) is 5.78 Å². The summed E-state index contributed by atoms with van der Waals surface area (Å²) in [5, 5.41) is 5.87. The molecule has 5 heteroatoms. The number of hydrogen-bond donors (Lipinski definition) is 0. The number of carbonyl (C=O) groups is 1. The molecule has 0 saturated carbocycles. The zero-order chi connectivity index (χ0) is 13.2. The highest BCUT2D eigenvalue weighted by molar-refractivity contribution is 7.08. The first kappa shape index (κ1) is 11.9. The molecule has 1 aromatic carbocycles. The van der Waals surface area contributed by atoms with Gasteiger partial charge in [-0.2, -0.15) is 0 Å². The van der Waals surface area contributed by atoms with Crippen molar-refractivity contribution in [2.75, 3.05) is 0 Å². The molecule has 2 heterocycles. The Kier molecular flexibility index (Phi) is 3.05. The first-order chi connectivity index (χ1) is 9.31. The zero-order valence-corrected chi connectivity index (χ0v) is 11.1. The number of hydrogen-bond acceptors (Lipinski definition) is 5. The average Bonchev–Trinajstić information content (AvgIpc) is 2.94. The molecular formula is C14H11N3OS. The molecule has 0 spiro atoms. The van der Waals surface area contributed by atoms with Crippen LogP contribution in [0.3, 0.4) is 0 Å².